The first-order valence-electron chi connectivity index (χ1n) is 13.3. The van der Waals surface area contributed by atoms with E-state index in [-0.39, 0.29) is 16.8 Å². The summed E-state index contributed by atoms with van der Waals surface area (Å²) in [6.07, 6.45) is 30.8. The molecule has 2 N–H and O–H groups in total. The molecule has 0 aliphatic carbocycles. The van der Waals surface area contributed by atoms with Gasteiger partial charge in [0, 0.05) is 29.6 Å². The molecule has 0 amide bonds. The maximum Gasteiger partial charge on any atom is 0.303 e. The van der Waals surface area contributed by atoms with Crippen LogP contribution in [-0.4, -0.2) is 22.2 Å². The molecular formula is C28H52CoO4. The Morgan fingerprint density at radius 1 is 0.485 bits per heavy atom. The van der Waals surface area contributed by atoms with Crippen LogP contribution in [0.5, 0.6) is 0 Å². The minimum Gasteiger partial charge on any atom is -0.481 e. The molecule has 0 unspecified atom stereocenters. The van der Waals surface area contributed by atoms with Crippen molar-refractivity contribution in [1.29, 1.82) is 0 Å². The third-order valence-corrected chi connectivity index (χ3v) is 5.30. The molecule has 4 nitrogen and oxygen atoms in total. The summed E-state index contributed by atoms with van der Waals surface area (Å²) in [5, 5.41) is 16.9. The molecule has 0 saturated carbocycles. The molecule has 197 valence electrons. The van der Waals surface area contributed by atoms with Gasteiger partial charge in [-0.2, -0.15) is 0 Å². The molecule has 0 rings (SSSR count). The van der Waals surface area contributed by atoms with Crippen LogP contribution in [0.2, 0.25) is 0 Å². The van der Waals surface area contributed by atoms with Gasteiger partial charge in [0.25, 0.3) is 0 Å². The van der Waals surface area contributed by atoms with Crippen molar-refractivity contribution in [3.05, 3.63) is 24.3 Å². The minimum atomic E-state index is -0.668. The zero-order chi connectivity index (χ0) is 24.1. The molecule has 0 fully saturated rings. The zero-order valence-corrected chi connectivity index (χ0v) is 22.5. The summed E-state index contributed by atoms with van der Waals surface area (Å²) in [6.45, 7) is 4.43. The molecule has 0 aromatic heterocycles. The standard InChI is InChI=1S/2C14H26O2.Co/c2*1-2-3-4-5-6-7-8-9-10-11-12-13-14(15)16;/h2*5-6H,2-4,7-13H2,1H3,(H,15,16);/b2*6-5-;. The molecule has 33 heavy (non-hydrogen) atoms. The Hall–Kier alpha value is -1.07. The Morgan fingerprint density at radius 3 is 1.06 bits per heavy atom. The normalized spacial score (nSPS) is 10.7. The van der Waals surface area contributed by atoms with Crippen LogP contribution >= 0.6 is 0 Å². The second kappa shape index (κ2) is 33.1. The Bertz CT molecular complexity index is 419. The molecule has 5 heteroatoms. The zero-order valence-electron chi connectivity index (χ0n) is 21.5. The molecule has 0 bridgehead atoms. The minimum absolute atomic E-state index is 0. The fourth-order valence-corrected chi connectivity index (χ4v) is 3.25. The number of carboxylic acids is 2. The van der Waals surface area contributed by atoms with Gasteiger partial charge in [0.1, 0.15) is 0 Å². The van der Waals surface area contributed by atoms with E-state index >= 15 is 0 Å². The van der Waals surface area contributed by atoms with E-state index < -0.39 is 11.9 Å². The summed E-state index contributed by atoms with van der Waals surface area (Å²) in [5.74, 6) is -1.34. The van der Waals surface area contributed by atoms with Gasteiger partial charge in [-0.15, -0.1) is 0 Å². The van der Waals surface area contributed by atoms with Gasteiger partial charge in [-0.25, -0.2) is 0 Å². The predicted octanol–water partition coefficient (Wildman–Crippen LogP) is 9.09. The summed E-state index contributed by atoms with van der Waals surface area (Å²) in [6, 6.07) is 0. The molecule has 0 aromatic rings. The van der Waals surface area contributed by atoms with Crippen molar-refractivity contribution in [2.45, 2.75) is 142 Å². The molecule has 1 radical (unpaired) electrons. The number of allylic oxidation sites excluding steroid dienone is 4. The van der Waals surface area contributed by atoms with Crippen molar-refractivity contribution in [2.75, 3.05) is 0 Å². The van der Waals surface area contributed by atoms with E-state index in [4.69, 9.17) is 10.2 Å². The van der Waals surface area contributed by atoms with Crippen molar-refractivity contribution in [3.8, 4) is 0 Å². The van der Waals surface area contributed by atoms with E-state index in [9.17, 15) is 9.59 Å². The van der Waals surface area contributed by atoms with Gasteiger partial charge < -0.3 is 10.2 Å². The third-order valence-electron chi connectivity index (χ3n) is 5.30. The van der Waals surface area contributed by atoms with Gasteiger partial charge in [-0.3, -0.25) is 9.59 Å². The second-order valence-electron chi connectivity index (χ2n) is 8.63. The van der Waals surface area contributed by atoms with E-state index in [1.165, 1.54) is 89.9 Å². The first-order chi connectivity index (χ1) is 15.5. The van der Waals surface area contributed by atoms with Gasteiger partial charge in [0.2, 0.25) is 0 Å². The molecule has 0 aliphatic rings. The second-order valence-corrected chi connectivity index (χ2v) is 8.63. The third kappa shape index (κ3) is 41.6. The molecule has 0 saturated heterocycles. The van der Waals surface area contributed by atoms with Crippen LogP contribution in [-0.2, 0) is 26.4 Å². The SMILES string of the molecule is CCCC/C=C\CCCCCCCC(=O)O.CCCC/C=C\CCCCCCCC(=O)O.[Co]. The van der Waals surface area contributed by atoms with Crippen LogP contribution < -0.4 is 0 Å². The molecule has 0 atom stereocenters. The number of rotatable bonds is 22. The summed E-state index contributed by atoms with van der Waals surface area (Å²) in [7, 11) is 0. The Morgan fingerprint density at radius 2 is 0.758 bits per heavy atom. The number of carbonyl (C=O) groups is 2. The fraction of sp³-hybridized carbons (Fsp3) is 0.786. The first kappa shape index (κ1) is 36.5. The fourth-order valence-electron chi connectivity index (χ4n) is 3.25. The topological polar surface area (TPSA) is 74.6 Å². The van der Waals surface area contributed by atoms with Gasteiger partial charge >= 0.3 is 11.9 Å². The molecule has 0 aliphatic heterocycles. The quantitative estimate of drug-likeness (QED) is 0.112. The van der Waals surface area contributed by atoms with Crippen LogP contribution in [0.25, 0.3) is 0 Å². The van der Waals surface area contributed by atoms with Crippen molar-refractivity contribution in [2.24, 2.45) is 0 Å². The average Bonchev–Trinajstić information content (AvgIpc) is 2.76. The smallest absolute Gasteiger partial charge is 0.303 e. The molecule has 0 heterocycles. The van der Waals surface area contributed by atoms with Crippen molar-refractivity contribution >= 4 is 11.9 Å². The van der Waals surface area contributed by atoms with E-state index in [0.29, 0.717) is 12.8 Å². The summed E-state index contributed by atoms with van der Waals surface area (Å²) in [4.78, 5) is 20.5. The van der Waals surface area contributed by atoms with Crippen molar-refractivity contribution in [3.63, 3.8) is 0 Å². The van der Waals surface area contributed by atoms with Gasteiger partial charge in [0.15, 0.2) is 0 Å². The predicted molar refractivity (Wildman–Crippen MR) is 137 cm³/mol. The molecule has 0 spiro atoms. The number of carboxylic acid groups (broad SMARTS) is 2. The van der Waals surface area contributed by atoms with Crippen LogP contribution in [0, 0.1) is 0 Å². The van der Waals surface area contributed by atoms with Crippen LogP contribution in [0.4, 0.5) is 0 Å². The Kier molecular flexibility index (Phi) is 36.6. The van der Waals surface area contributed by atoms with Gasteiger partial charge in [-0.05, 0) is 51.4 Å². The largest absolute Gasteiger partial charge is 0.481 e. The number of hydrogen-bond donors (Lipinski definition) is 2. The van der Waals surface area contributed by atoms with Crippen molar-refractivity contribution < 1.29 is 36.6 Å². The monoisotopic (exact) mass is 511 g/mol. The van der Waals surface area contributed by atoms with Gasteiger partial charge in [0.05, 0.1) is 0 Å². The Labute approximate surface area is 214 Å². The molecular weight excluding hydrogens is 459 g/mol. The van der Waals surface area contributed by atoms with E-state index in [1.807, 2.05) is 0 Å². The van der Waals surface area contributed by atoms with Crippen LogP contribution in [0.1, 0.15) is 142 Å². The van der Waals surface area contributed by atoms with Crippen molar-refractivity contribution in [1.82, 2.24) is 0 Å². The summed E-state index contributed by atoms with van der Waals surface area (Å²) >= 11 is 0. The van der Waals surface area contributed by atoms with E-state index in [1.54, 1.807) is 0 Å². The maximum atomic E-state index is 10.3. The van der Waals surface area contributed by atoms with Crippen LogP contribution in [0.3, 0.4) is 0 Å². The first-order valence-corrected chi connectivity index (χ1v) is 13.3. The maximum absolute atomic E-state index is 10.3. The average molecular weight is 512 g/mol. The van der Waals surface area contributed by atoms with Crippen LogP contribution in [0.15, 0.2) is 24.3 Å². The number of unbranched alkanes of at least 4 members (excludes halogenated alkanes) is 14. The van der Waals surface area contributed by atoms with E-state index in [0.717, 1.165) is 25.7 Å². The van der Waals surface area contributed by atoms with E-state index in [2.05, 4.69) is 38.2 Å². The molecule has 0 aromatic carbocycles. The Balaban J connectivity index is -0.000000529. The summed E-state index contributed by atoms with van der Waals surface area (Å²) in [5.41, 5.74) is 0. The van der Waals surface area contributed by atoms with Gasteiger partial charge in [-0.1, -0.05) is 102 Å². The number of hydrogen-bond acceptors (Lipinski definition) is 2. The summed E-state index contributed by atoms with van der Waals surface area (Å²) < 4.78 is 0. The number of aliphatic carboxylic acids is 2.